The summed E-state index contributed by atoms with van der Waals surface area (Å²) in [5, 5.41) is 5.45. The third-order valence-electron chi connectivity index (χ3n) is 13.2. The van der Waals surface area contributed by atoms with Gasteiger partial charge < -0.3 is 45.0 Å². The number of alkyl carbamates (subject to hydrolysis) is 1. The molecule has 0 aliphatic carbocycles. The number of rotatable bonds is 19. The van der Waals surface area contributed by atoms with Crippen LogP contribution in [0, 0.1) is 18.8 Å². The van der Waals surface area contributed by atoms with E-state index in [9.17, 15) is 28.8 Å². The summed E-state index contributed by atoms with van der Waals surface area (Å²) in [6.45, 7) is 21.2. The van der Waals surface area contributed by atoms with Crippen molar-refractivity contribution >= 4 is 47.4 Å². The molecule has 4 bridgehead atoms. The molecule has 4 N–H and O–H groups in total. The smallest absolute Gasteiger partial charge is 0.410 e. The van der Waals surface area contributed by atoms with Crippen LogP contribution in [0.5, 0.6) is 11.5 Å². The number of nitrogens with zero attached hydrogens (tertiary/aromatic N) is 4. The van der Waals surface area contributed by atoms with Crippen LogP contribution in [0.25, 0.3) is 22.5 Å². The van der Waals surface area contributed by atoms with Crippen LogP contribution in [0.1, 0.15) is 141 Å². The number of nitrogens with two attached hydrogens (primary N) is 1. The minimum absolute atomic E-state index is 0.0105. The van der Waals surface area contributed by atoms with Crippen LogP contribution in [0.15, 0.2) is 66.9 Å². The van der Waals surface area contributed by atoms with Crippen LogP contribution in [-0.2, 0) is 50.0 Å². The van der Waals surface area contributed by atoms with Crippen molar-refractivity contribution in [2.24, 2.45) is 17.6 Å². The van der Waals surface area contributed by atoms with Gasteiger partial charge in [-0.3, -0.25) is 28.9 Å². The van der Waals surface area contributed by atoms with Gasteiger partial charge in [0.2, 0.25) is 17.7 Å². The van der Waals surface area contributed by atoms with Crippen molar-refractivity contribution in [1.82, 2.24) is 30.4 Å². The summed E-state index contributed by atoms with van der Waals surface area (Å²) in [5.41, 5.74) is 7.94. The lowest BCUT2D eigenvalue weighted by atomic mass is 9.86. The molecule has 0 fully saturated rings. The number of Topliss-reactive ketones (excluding diaryl/α,β-unsaturated/α-hetero) is 2. The molecule has 2 heterocycles. The van der Waals surface area contributed by atoms with Crippen molar-refractivity contribution in [3.8, 4) is 34.0 Å². The number of amides is 5. The molecule has 3 aromatic carbocycles. The Hall–Kier alpha value is -7.90. The fourth-order valence-electron chi connectivity index (χ4n) is 9.07. The summed E-state index contributed by atoms with van der Waals surface area (Å²) < 4.78 is 28.8. The van der Waals surface area contributed by atoms with E-state index in [-0.39, 0.29) is 43.5 Å². The highest BCUT2D eigenvalue weighted by molar-refractivity contribution is 6.00. The van der Waals surface area contributed by atoms with Gasteiger partial charge >= 0.3 is 18.2 Å². The van der Waals surface area contributed by atoms with E-state index in [1.54, 1.807) is 84.9 Å². The number of primary amides is 1. The number of benzene rings is 3. The average molecular weight is 1120 g/mol. The Kier molecular flexibility index (Phi) is 21.7. The third-order valence-corrected chi connectivity index (χ3v) is 13.2. The normalized spacial score (nSPS) is 16.1. The number of methoxy groups -OCH3 is 1. The molecule has 1 aliphatic rings. The first-order valence-corrected chi connectivity index (χ1v) is 27.3. The first kappa shape index (κ1) is 63.9. The maximum Gasteiger partial charge on any atom is 0.410 e. The fraction of sp³-hybridized carbons (Fsp3) is 0.508. The Bertz CT molecular complexity index is 2940. The first-order valence-electron chi connectivity index (χ1n) is 27.3. The van der Waals surface area contributed by atoms with Gasteiger partial charge in [0.1, 0.15) is 47.9 Å². The standard InChI is InChI=1S/C61H81N7O13/c1-15-27-78-50-23-19-40-32-44(50)43-30-38(16-22-49(43)79-28-25-63-57(75)80-60(7,8)9)31-46(56(74)77-14)66-54(72)36(2)29-48(70)52(40)67(13)55(73)41(24-26-68(35-51(62)71)58(76)81-61(10,11)12)33-47(69)45-34-64-53(65-37(45)3)39-17-20-42(21-18-39)59(4,5)6/h16-23,30,32,34,36,41,46,52H,15,24-29,31,33,35H2,1-14H3,(H2,62,71)(H,63,75)(H,66,72)/t36-,41-,46+,52+/m1/s1. The van der Waals surface area contributed by atoms with Gasteiger partial charge in [0, 0.05) is 67.6 Å². The molecular formula is C61H81N7O13. The Morgan fingerprint density at radius 3 is 2.06 bits per heavy atom. The average Bonchev–Trinajstić information content (AvgIpc) is 3.43. The lowest BCUT2D eigenvalue weighted by Crippen LogP contribution is -2.46. The number of aromatic nitrogens is 2. The van der Waals surface area contributed by atoms with Crippen LogP contribution in [-0.4, -0.2) is 131 Å². The highest BCUT2D eigenvalue weighted by Gasteiger charge is 2.38. The highest BCUT2D eigenvalue weighted by Crippen LogP contribution is 2.41. The van der Waals surface area contributed by atoms with Gasteiger partial charge in [0.25, 0.3) is 0 Å². The molecule has 438 valence electrons. The Morgan fingerprint density at radius 1 is 0.840 bits per heavy atom. The molecule has 1 aliphatic heterocycles. The molecule has 1 aromatic heterocycles. The van der Waals surface area contributed by atoms with Gasteiger partial charge in [-0.15, -0.1) is 0 Å². The van der Waals surface area contributed by atoms with E-state index in [2.05, 4.69) is 41.4 Å². The molecule has 4 atom stereocenters. The number of carbonyl (C=O) groups is 8. The number of hydrogen-bond acceptors (Lipinski definition) is 15. The summed E-state index contributed by atoms with van der Waals surface area (Å²) in [5.74, 6) is -5.17. The van der Waals surface area contributed by atoms with E-state index in [1.165, 1.54) is 32.2 Å². The summed E-state index contributed by atoms with van der Waals surface area (Å²) in [6, 6.07) is 15.4. The molecule has 0 unspecified atom stereocenters. The van der Waals surface area contributed by atoms with E-state index in [0.29, 0.717) is 58.3 Å². The van der Waals surface area contributed by atoms with Crippen LogP contribution >= 0.6 is 0 Å². The number of ether oxygens (including phenoxy) is 5. The van der Waals surface area contributed by atoms with Crippen molar-refractivity contribution in [3.05, 3.63) is 94.8 Å². The van der Waals surface area contributed by atoms with Gasteiger partial charge in [-0.25, -0.2) is 24.4 Å². The number of fused-ring (bicyclic) bond motifs is 5. The molecule has 5 rings (SSSR count). The topological polar surface area (TPSA) is 265 Å². The van der Waals surface area contributed by atoms with Gasteiger partial charge in [-0.2, -0.15) is 0 Å². The summed E-state index contributed by atoms with van der Waals surface area (Å²) in [4.78, 5) is 123. The van der Waals surface area contributed by atoms with Crippen LogP contribution in [0.4, 0.5) is 9.59 Å². The van der Waals surface area contributed by atoms with Crippen molar-refractivity contribution in [1.29, 1.82) is 0 Å². The van der Waals surface area contributed by atoms with Gasteiger partial charge in [-0.05, 0) is 108 Å². The molecule has 0 saturated heterocycles. The molecule has 81 heavy (non-hydrogen) atoms. The Balaban J connectivity index is 1.65. The SMILES string of the molecule is CCCOc1ccc2cc1-c1cc(ccc1OCCNC(=O)OC(C)(C)C)C[C@@H](C(=O)OC)NC(=O)[C@H](C)CC(=O)[C@H]2N(C)C(=O)[C@H](CCN(CC(N)=O)C(=O)OC(C)(C)C)CC(=O)c1cnc(-c2ccc(C(C)(C)C)cc2)nc1C. The predicted molar refractivity (Wildman–Crippen MR) is 304 cm³/mol. The number of esters is 1. The molecule has 4 aromatic rings. The van der Waals surface area contributed by atoms with Gasteiger partial charge in [-0.1, -0.05) is 71.0 Å². The van der Waals surface area contributed by atoms with Gasteiger partial charge in [0.15, 0.2) is 17.4 Å². The minimum atomic E-state index is -1.42. The maximum atomic E-state index is 15.5. The second-order valence-electron chi connectivity index (χ2n) is 23.4. The fourth-order valence-corrected chi connectivity index (χ4v) is 9.07. The van der Waals surface area contributed by atoms with Crippen LogP contribution < -0.4 is 25.8 Å². The van der Waals surface area contributed by atoms with E-state index >= 15 is 9.59 Å². The monoisotopic (exact) mass is 1120 g/mol. The van der Waals surface area contributed by atoms with E-state index < -0.39 is 102 Å². The third kappa shape index (κ3) is 18.3. The lowest BCUT2D eigenvalue weighted by Gasteiger charge is -2.33. The van der Waals surface area contributed by atoms with Crippen LogP contribution in [0.3, 0.4) is 0 Å². The molecular weight excluding hydrogens is 1040 g/mol. The largest absolute Gasteiger partial charge is 0.493 e. The van der Waals surface area contributed by atoms with Crippen molar-refractivity contribution < 1.29 is 62.0 Å². The molecule has 0 saturated carbocycles. The molecule has 20 heteroatoms. The zero-order valence-corrected chi connectivity index (χ0v) is 49.4. The summed E-state index contributed by atoms with van der Waals surface area (Å²) >= 11 is 0. The van der Waals surface area contributed by atoms with Crippen molar-refractivity contribution in [2.75, 3.05) is 47.0 Å². The molecule has 0 spiro atoms. The second kappa shape index (κ2) is 27.5. The van der Waals surface area contributed by atoms with Crippen LogP contribution in [0.2, 0.25) is 0 Å². The second-order valence-corrected chi connectivity index (χ2v) is 23.4. The number of aryl methyl sites for hydroxylation is 1. The first-order chi connectivity index (χ1) is 37.9. The lowest BCUT2D eigenvalue weighted by molar-refractivity contribution is -0.146. The Labute approximate surface area is 475 Å². The summed E-state index contributed by atoms with van der Waals surface area (Å²) in [6.07, 6.45) is -0.560. The quantitative estimate of drug-likeness (QED) is 0.0344. The van der Waals surface area contributed by atoms with Gasteiger partial charge in [0.05, 0.1) is 31.5 Å². The number of likely N-dealkylation sites (N-methyl/N-ethyl adjacent to an activating group) is 1. The number of ketones is 2. The van der Waals surface area contributed by atoms with E-state index in [4.69, 9.17) is 29.4 Å². The number of hydrogen-bond donors (Lipinski definition) is 3. The highest BCUT2D eigenvalue weighted by atomic mass is 16.6. The zero-order chi connectivity index (χ0) is 60.1. The number of carbonyl (C=O) groups excluding carboxylic acids is 8. The zero-order valence-electron chi connectivity index (χ0n) is 49.4. The van der Waals surface area contributed by atoms with Crippen molar-refractivity contribution in [2.45, 2.75) is 144 Å². The van der Waals surface area contributed by atoms with Crippen molar-refractivity contribution in [3.63, 3.8) is 0 Å². The van der Waals surface area contributed by atoms with E-state index in [0.717, 1.165) is 16.0 Å². The maximum absolute atomic E-state index is 15.5. The van der Waals surface area contributed by atoms with E-state index in [1.807, 2.05) is 31.2 Å². The molecule has 5 amide bonds. The predicted octanol–water partition coefficient (Wildman–Crippen LogP) is 8.42. The number of nitrogens with one attached hydrogen (secondary N) is 2. The summed E-state index contributed by atoms with van der Waals surface area (Å²) in [7, 11) is 2.62. The molecule has 20 nitrogen and oxygen atoms in total. The Morgan fingerprint density at radius 2 is 1.47 bits per heavy atom. The minimum Gasteiger partial charge on any atom is -0.493 e. The molecule has 0 radical (unpaired) electrons.